The fourth-order valence-electron chi connectivity index (χ4n) is 0.129. The molecule has 0 aromatic heterocycles. The number of hydrogen-bond donors (Lipinski definition) is 4. The quantitative estimate of drug-likeness (QED) is 0.506. The summed E-state index contributed by atoms with van der Waals surface area (Å²) in [7, 11) is 0. The zero-order chi connectivity index (χ0) is 13.7. The zero-order valence-corrected chi connectivity index (χ0v) is 8.84. The predicted octanol–water partition coefficient (Wildman–Crippen LogP) is 0.118. The minimum atomic E-state index is -1.31. The first-order chi connectivity index (χ1) is 7.13. The average molecular weight is 238 g/mol. The number of carboxylic acid groups (broad SMARTS) is 4. The van der Waals surface area contributed by atoms with Crippen molar-refractivity contribution < 1.29 is 39.6 Å². The zero-order valence-electron chi connectivity index (χ0n) is 8.84. The van der Waals surface area contributed by atoms with Gasteiger partial charge in [0.15, 0.2) is 0 Å². The second-order valence-corrected chi connectivity index (χ2v) is 2.23. The summed E-state index contributed by atoms with van der Waals surface area (Å²) >= 11 is 0. The number of hydrogen-bond acceptors (Lipinski definition) is 4. The molecular formula is C8H14O8. The molecule has 0 aromatic carbocycles. The minimum absolute atomic E-state index is 0.222. The van der Waals surface area contributed by atoms with Crippen LogP contribution in [0.25, 0.3) is 0 Å². The van der Waals surface area contributed by atoms with E-state index in [1.54, 1.807) is 6.92 Å². The monoisotopic (exact) mass is 238 g/mol. The van der Waals surface area contributed by atoms with Gasteiger partial charge in [-0.15, -0.1) is 0 Å². The van der Waals surface area contributed by atoms with Crippen molar-refractivity contribution in [1.82, 2.24) is 0 Å². The molecule has 0 heterocycles. The molecule has 4 N–H and O–H groups in total. The van der Waals surface area contributed by atoms with Crippen LogP contribution in [0.2, 0.25) is 0 Å². The maximum atomic E-state index is 9.43. The van der Waals surface area contributed by atoms with Crippen molar-refractivity contribution in [3.05, 3.63) is 0 Å². The van der Waals surface area contributed by atoms with E-state index in [2.05, 4.69) is 0 Å². The smallest absolute Gasteiger partial charge is 0.314 e. The van der Waals surface area contributed by atoms with Crippen LogP contribution in [0.5, 0.6) is 0 Å². The highest BCUT2D eigenvalue weighted by Crippen LogP contribution is 1.74. The third-order valence-electron chi connectivity index (χ3n) is 0.605. The molecule has 0 amide bonds. The first kappa shape index (κ1) is 19.5. The number of aliphatic carboxylic acids is 4. The summed E-state index contributed by atoms with van der Waals surface area (Å²) in [5, 5.41) is 30.5. The molecule has 0 unspecified atom stereocenters. The van der Waals surface area contributed by atoms with Gasteiger partial charge < -0.3 is 20.4 Å². The number of rotatable bonds is 3. The Bertz CT molecular complexity index is 228. The summed E-state index contributed by atoms with van der Waals surface area (Å²) in [6.45, 7) is 2.68. The standard InChI is InChI=1S/C3H4O4.C3H6O2.C2H4O2/c4-2(5)1-3(6)7;1-2-3(4)5;1-2(3)4/h1H2,(H,4,5)(H,6,7);2H2,1H3,(H,4,5);1H3,(H,3,4). The highest BCUT2D eigenvalue weighted by molar-refractivity contribution is 5.88. The van der Waals surface area contributed by atoms with Gasteiger partial charge in [-0.25, -0.2) is 0 Å². The van der Waals surface area contributed by atoms with Gasteiger partial charge in [0, 0.05) is 13.3 Å². The van der Waals surface area contributed by atoms with Gasteiger partial charge in [-0.05, 0) is 0 Å². The first-order valence-electron chi connectivity index (χ1n) is 3.98. The van der Waals surface area contributed by atoms with Gasteiger partial charge in [-0.2, -0.15) is 0 Å². The molecule has 0 radical (unpaired) electrons. The Balaban J connectivity index is -0.000000166. The first-order valence-corrected chi connectivity index (χ1v) is 3.98. The van der Waals surface area contributed by atoms with E-state index in [1.165, 1.54) is 0 Å². The van der Waals surface area contributed by atoms with E-state index in [4.69, 9.17) is 25.2 Å². The Morgan fingerprint density at radius 2 is 1.00 bits per heavy atom. The summed E-state index contributed by atoms with van der Waals surface area (Å²) in [6.07, 6.45) is -0.583. The minimum Gasteiger partial charge on any atom is -0.481 e. The van der Waals surface area contributed by atoms with E-state index in [1.807, 2.05) is 0 Å². The topological polar surface area (TPSA) is 149 Å². The molecule has 0 aliphatic carbocycles. The molecule has 0 aliphatic heterocycles. The van der Waals surface area contributed by atoms with Crippen LogP contribution in [0.4, 0.5) is 0 Å². The lowest BCUT2D eigenvalue weighted by molar-refractivity contribution is -0.147. The van der Waals surface area contributed by atoms with Gasteiger partial charge in [-0.3, -0.25) is 19.2 Å². The second kappa shape index (κ2) is 12.9. The molecule has 0 rings (SSSR count). The van der Waals surface area contributed by atoms with Gasteiger partial charge in [0.2, 0.25) is 0 Å². The molecule has 16 heavy (non-hydrogen) atoms. The van der Waals surface area contributed by atoms with E-state index in [0.717, 1.165) is 6.92 Å². The molecule has 0 bridgehead atoms. The Kier molecular flexibility index (Phi) is 15.7. The lowest BCUT2D eigenvalue weighted by Crippen LogP contribution is -2.03. The Morgan fingerprint density at radius 3 is 1.00 bits per heavy atom. The largest absolute Gasteiger partial charge is 0.481 e. The third-order valence-corrected chi connectivity index (χ3v) is 0.605. The third kappa shape index (κ3) is 93.4. The summed E-state index contributed by atoms with van der Waals surface area (Å²) in [6, 6.07) is 0. The van der Waals surface area contributed by atoms with Crippen LogP contribution in [-0.4, -0.2) is 44.3 Å². The number of carboxylic acids is 4. The van der Waals surface area contributed by atoms with Crippen molar-refractivity contribution in [3.8, 4) is 0 Å². The molecule has 8 heteroatoms. The van der Waals surface area contributed by atoms with Gasteiger partial charge in [0.05, 0.1) is 0 Å². The van der Waals surface area contributed by atoms with Crippen LogP contribution in [0.1, 0.15) is 26.7 Å². The fourth-order valence-corrected chi connectivity index (χ4v) is 0.129. The van der Waals surface area contributed by atoms with Crippen molar-refractivity contribution in [1.29, 1.82) is 0 Å². The molecule has 0 aliphatic rings. The van der Waals surface area contributed by atoms with E-state index in [-0.39, 0.29) is 6.42 Å². The Morgan fingerprint density at radius 1 is 0.812 bits per heavy atom. The van der Waals surface area contributed by atoms with E-state index in [0.29, 0.717) is 0 Å². The summed E-state index contributed by atoms with van der Waals surface area (Å²) < 4.78 is 0. The SMILES string of the molecule is CC(=O)O.CCC(=O)O.O=C(O)CC(=O)O. The van der Waals surface area contributed by atoms with Gasteiger partial charge >= 0.3 is 17.9 Å². The molecule has 0 atom stereocenters. The van der Waals surface area contributed by atoms with Crippen LogP contribution in [0, 0.1) is 0 Å². The molecule has 0 saturated heterocycles. The van der Waals surface area contributed by atoms with Crippen molar-refractivity contribution >= 4 is 23.9 Å². The molecule has 0 fully saturated rings. The Hall–Kier alpha value is -2.12. The second-order valence-electron chi connectivity index (χ2n) is 2.23. The van der Waals surface area contributed by atoms with Gasteiger partial charge in [0.1, 0.15) is 6.42 Å². The van der Waals surface area contributed by atoms with Crippen LogP contribution in [-0.2, 0) is 19.2 Å². The highest BCUT2D eigenvalue weighted by atomic mass is 16.4. The maximum Gasteiger partial charge on any atom is 0.314 e. The molecule has 0 saturated carbocycles. The van der Waals surface area contributed by atoms with Gasteiger partial charge in [-0.1, -0.05) is 6.92 Å². The normalized spacial score (nSPS) is 7.38. The highest BCUT2D eigenvalue weighted by Gasteiger charge is 2.01. The molecule has 8 nitrogen and oxygen atoms in total. The van der Waals surface area contributed by atoms with Crippen molar-refractivity contribution in [3.63, 3.8) is 0 Å². The van der Waals surface area contributed by atoms with Crippen LogP contribution in [0.15, 0.2) is 0 Å². The van der Waals surface area contributed by atoms with Crippen LogP contribution in [0.3, 0.4) is 0 Å². The number of carbonyl (C=O) groups is 4. The average Bonchev–Trinajstić information content (AvgIpc) is 2.01. The molecule has 0 spiro atoms. The summed E-state index contributed by atoms with van der Waals surface area (Å²) in [5.74, 6) is -4.20. The van der Waals surface area contributed by atoms with Crippen LogP contribution < -0.4 is 0 Å². The maximum absolute atomic E-state index is 9.43. The van der Waals surface area contributed by atoms with E-state index < -0.39 is 30.3 Å². The molecular weight excluding hydrogens is 224 g/mol. The fraction of sp³-hybridized carbons (Fsp3) is 0.500. The van der Waals surface area contributed by atoms with Gasteiger partial charge in [0.25, 0.3) is 5.97 Å². The van der Waals surface area contributed by atoms with Crippen molar-refractivity contribution in [2.24, 2.45) is 0 Å². The van der Waals surface area contributed by atoms with Crippen molar-refractivity contribution in [2.45, 2.75) is 26.7 Å². The summed E-state index contributed by atoms with van der Waals surface area (Å²) in [5.41, 5.74) is 0. The molecule has 0 aromatic rings. The van der Waals surface area contributed by atoms with E-state index >= 15 is 0 Å². The predicted molar refractivity (Wildman–Crippen MR) is 51.1 cm³/mol. The Labute approximate surface area is 91.1 Å². The van der Waals surface area contributed by atoms with Crippen molar-refractivity contribution in [2.75, 3.05) is 0 Å². The lowest BCUT2D eigenvalue weighted by atomic mass is 10.5. The van der Waals surface area contributed by atoms with E-state index in [9.17, 15) is 14.4 Å². The van der Waals surface area contributed by atoms with Crippen LogP contribution >= 0.6 is 0 Å². The lowest BCUT2D eigenvalue weighted by Gasteiger charge is -1.80. The summed E-state index contributed by atoms with van der Waals surface area (Å²) in [4.78, 5) is 37.2. The molecule has 94 valence electrons.